The number of methoxy groups -OCH3 is 2. The minimum absolute atomic E-state index is 0.0420. The van der Waals surface area contributed by atoms with Crippen LogP contribution in [0.4, 0.5) is 0 Å². The average Bonchev–Trinajstić information content (AvgIpc) is 2.87. The standard InChI is InChI=1S/C30H22O10/c1-11-5-13-7-15-23(27(33)21(13)29(35)39-11)17(31)9-19(37-3)25(15)26-16-8-14-6-12(2)40-30(36)22(14)28(34)24(16)18(32)10-20(26)38-4/h5-10,31,33-34,36H,1-4H3. The van der Waals surface area contributed by atoms with Crippen LogP contribution in [0.3, 0.4) is 0 Å². The van der Waals surface area contributed by atoms with E-state index in [2.05, 4.69) is 0 Å². The molecule has 0 bridgehead atoms. The largest absolute Gasteiger partial charge is 0.507 e. The van der Waals surface area contributed by atoms with Crippen LogP contribution in [0.1, 0.15) is 11.5 Å². The Balaban J connectivity index is 1.92. The summed E-state index contributed by atoms with van der Waals surface area (Å²) in [6.45, 7) is 3.21. The first-order valence-electron chi connectivity index (χ1n) is 12.1. The van der Waals surface area contributed by atoms with E-state index >= 15 is 0 Å². The highest BCUT2D eigenvalue weighted by atomic mass is 16.5. The molecule has 6 rings (SSSR count). The molecule has 4 N–H and O–H groups in total. The maximum Gasteiger partial charge on any atom is 0.347 e. The maximum atomic E-state index is 13.3. The first-order valence-corrected chi connectivity index (χ1v) is 12.1. The molecule has 0 spiro atoms. The Kier molecular flexibility index (Phi) is 5.34. The molecular weight excluding hydrogens is 520 g/mol. The third-order valence-electron chi connectivity index (χ3n) is 7.06. The number of hydrogen-bond acceptors (Lipinski definition) is 10. The van der Waals surface area contributed by atoms with Gasteiger partial charge < -0.3 is 38.7 Å². The van der Waals surface area contributed by atoms with Crippen LogP contribution < -0.4 is 20.5 Å². The van der Waals surface area contributed by atoms with Crippen molar-refractivity contribution in [2.45, 2.75) is 13.8 Å². The molecule has 10 nitrogen and oxygen atoms in total. The van der Waals surface area contributed by atoms with Crippen molar-refractivity contribution < 1.29 is 38.7 Å². The van der Waals surface area contributed by atoms with E-state index in [0.717, 1.165) is 0 Å². The summed E-state index contributed by atoms with van der Waals surface area (Å²) in [7, 11) is 2.76. The van der Waals surface area contributed by atoms with Crippen molar-refractivity contribution in [3.05, 3.63) is 68.6 Å². The molecule has 6 aromatic rings. The average molecular weight is 542 g/mol. The molecule has 0 atom stereocenters. The van der Waals surface area contributed by atoms with Gasteiger partial charge in [-0.05, 0) is 48.9 Å². The lowest BCUT2D eigenvalue weighted by Gasteiger charge is -2.20. The number of aryl methyl sites for hydroxylation is 2. The molecule has 0 saturated carbocycles. The number of benzene rings is 4. The van der Waals surface area contributed by atoms with E-state index in [1.807, 2.05) is 0 Å². The van der Waals surface area contributed by atoms with Gasteiger partial charge in [-0.3, -0.25) is 4.79 Å². The Bertz CT molecular complexity index is 2190. The van der Waals surface area contributed by atoms with Crippen molar-refractivity contribution in [1.29, 1.82) is 0 Å². The van der Waals surface area contributed by atoms with E-state index < -0.39 is 28.5 Å². The van der Waals surface area contributed by atoms with Crippen molar-refractivity contribution in [3.63, 3.8) is 0 Å². The fourth-order valence-corrected chi connectivity index (χ4v) is 5.48. The molecule has 0 aliphatic carbocycles. The van der Waals surface area contributed by atoms with E-state index in [-0.39, 0.29) is 49.6 Å². The van der Waals surface area contributed by atoms with Crippen molar-refractivity contribution in [3.8, 4) is 45.8 Å². The van der Waals surface area contributed by atoms with Gasteiger partial charge in [-0.1, -0.05) is 0 Å². The van der Waals surface area contributed by atoms with Crippen LogP contribution in [-0.4, -0.2) is 34.6 Å². The highest BCUT2D eigenvalue weighted by Gasteiger charge is 2.27. The summed E-state index contributed by atoms with van der Waals surface area (Å²) in [5.41, 5.74) is -0.756. The lowest BCUT2D eigenvalue weighted by atomic mass is 9.89. The minimum atomic E-state index is -0.776. The molecule has 2 aromatic heterocycles. The Morgan fingerprint density at radius 1 is 0.625 bits per heavy atom. The molecule has 0 radical (unpaired) electrons. The summed E-state index contributed by atoms with van der Waals surface area (Å²) in [6, 6.07) is 8.81. The summed E-state index contributed by atoms with van der Waals surface area (Å²) in [5, 5.41) is 44.7. The van der Waals surface area contributed by atoms with Gasteiger partial charge in [0.2, 0.25) is 0 Å². The fourth-order valence-electron chi connectivity index (χ4n) is 5.48. The Morgan fingerprint density at radius 3 is 1.77 bits per heavy atom. The Morgan fingerprint density at radius 2 is 1.15 bits per heavy atom. The van der Waals surface area contributed by atoms with E-state index in [1.54, 1.807) is 38.1 Å². The third-order valence-corrected chi connectivity index (χ3v) is 7.06. The highest BCUT2D eigenvalue weighted by Crippen LogP contribution is 2.52. The van der Waals surface area contributed by atoms with E-state index in [0.29, 0.717) is 33.4 Å². The highest BCUT2D eigenvalue weighted by molar-refractivity contribution is 6.19. The summed E-state index contributed by atoms with van der Waals surface area (Å²) in [6.07, 6.45) is 0. The number of fused-ring (bicyclic) bond motifs is 4. The summed E-state index contributed by atoms with van der Waals surface area (Å²) in [5.74, 6) is -0.976. The van der Waals surface area contributed by atoms with Gasteiger partial charge in [0.1, 0.15) is 51.0 Å². The Labute approximate surface area is 224 Å². The summed E-state index contributed by atoms with van der Waals surface area (Å²) < 4.78 is 21.7. The number of hydrogen-bond donors (Lipinski definition) is 4. The number of phenolic OH excluding ortho intramolecular Hbond substituents is 3. The van der Waals surface area contributed by atoms with Gasteiger partial charge in [0, 0.05) is 34.0 Å². The molecule has 0 aliphatic rings. The predicted molar refractivity (Wildman–Crippen MR) is 148 cm³/mol. The lowest BCUT2D eigenvalue weighted by Crippen LogP contribution is -2.05. The van der Waals surface area contributed by atoms with Crippen molar-refractivity contribution in [1.82, 2.24) is 0 Å². The zero-order valence-electron chi connectivity index (χ0n) is 21.7. The molecule has 0 fully saturated rings. The molecule has 40 heavy (non-hydrogen) atoms. The molecule has 10 heteroatoms. The third kappa shape index (κ3) is 3.35. The number of ether oxygens (including phenoxy) is 2. The van der Waals surface area contributed by atoms with Gasteiger partial charge in [0.05, 0.1) is 25.0 Å². The van der Waals surface area contributed by atoms with Gasteiger partial charge in [-0.15, -0.1) is 0 Å². The molecule has 0 unspecified atom stereocenters. The second kappa shape index (κ2) is 8.57. The molecule has 0 saturated heterocycles. The van der Waals surface area contributed by atoms with Crippen LogP contribution in [0, 0.1) is 13.8 Å². The lowest BCUT2D eigenvalue weighted by molar-refractivity contribution is 0.319. The second-order valence-electron chi connectivity index (χ2n) is 9.46. The van der Waals surface area contributed by atoms with Crippen molar-refractivity contribution in [2.24, 2.45) is 0 Å². The normalized spacial score (nSPS) is 11.6. The molecule has 2 heterocycles. The van der Waals surface area contributed by atoms with E-state index in [1.165, 1.54) is 26.4 Å². The van der Waals surface area contributed by atoms with Crippen LogP contribution in [0.2, 0.25) is 0 Å². The quantitative estimate of drug-likeness (QED) is 0.215. The van der Waals surface area contributed by atoms with Crippen LogP contribution in [-0.2, 0) is 0 Å². The monoisotopic (exact) mass is 542 g/mol. The van der Waals surface area contributed by atoms with Crippen molar-refractivity contribution in [2.75, 3.05) is 14.2 Å². The first-order chi connectivity index (χ1) is 19.0. The van der Waals surface area contributed by atoms with Crippen LogP contribution in [0.25, 0.3) is 54.2 Å². The van der Waals surface area contributed by atoms with Crippen molar-refractivity contribution >= 4 is 43.1 Å². The number of rotatable bonds is 3. The van der Waals surface area contributed by atoms with E-state index in [4.69, 9.17) is 18.3 Å². The predicted octanol–water partition coefficient (Wildman–Crippen LogP) is 5.33. The smallest absolute Gasteiger partial charge is 0.347 e. The molecule has 202 valence electrons. The van der Waals surface area contributed by atoms with Gasteiger partial charge >= 0.3 is 5.63 Å². The van der Waals surface area contributed by atoms with Gasteiger partial charge in [-0.2, -0.15) is 0 Å². The summed E-state index contributed by atoms with van der Waals surface area (Å²) >= 11 is 0. The van der Waals surface area contributed by atoms with Crippen LogP contribution >= 0.6 is 0 Å². The fraction of sp³-hybridized carbons (Fsp3) is 0.133. The van der Waals surface area contributed by atoms with Gasteiger partial charge in [-0.25, -0.2) is 4.79 Å². The Hall–Kier alpha value is -5.38. The van der Waals surface area contributed by atoms with Gasteiger partial charge in [0.25, 0.3) is 5.95 Å². The number of phenols is 3. The van der Waals surface area contributed by atoms with E-state index in [9.17, 15) is 30.0 Å². The molecular formula is C30H22O10. The zero-order valence-corrected chi connectivity index (χ0v) is 21.7. The molecule has 0 aliphatic heterocycles. The number of aromatic hydroxyl groups is 4. The SMILES string of the molecule is COc1cc(O)c2c(O)c3c(=O)oc(C)cc3cc2c1-c1c(OC)cc(=O)c2c(O)c3c(O)oc(C)cc3cc12. The van der Waals surface area contributed by atoms with Crippen LogP contribution in [0.5, 0.6) is 34.7 Å². The zero-order chi connectivity index (χ0) is 28.6. The topological polar surface area (TPSA) is 160 Å². The molecule has 4 aromatic carbocycles. The summed E-state index contributed by atoms with van der Waals surface area (Å²) in [4.78, 5) is 25.9. The second-order valence-corrected chi connectivity index (χ2v) is 9.46. The first kappa shape index (κ1) is 24.9. The van der Waals surface area contributed by atoms with Crippen LogP contribution in [0.15, 0.2) is 54.8 Å². The minimum Gasteiger partial charge on any atom is -0.507 e. The molecule has 0 amide bonds. The maximum absolute atomic E-state index is 13.3. The van der Waals surface area contributed by atoms with Gasteiger partial charge in [0.15, 0.2) is 5.43 Å².